The van der Waals surface area contributed by atoms with Crippen LogP contribution in [0.2, 0.25) is 0 Å². The lowest BCUT2D eigenvalue weighted by molar-refractivity contribution is -0.143. The first kappa shape index (κ1) is 25.4. The standard InChI is InChI=1S/C29H31FN2O4/c1-4-23(16-15-21(2)35-3)25-18-31(17-22-11-7-5-8-12-22)20-29(25,30)27(33)32-26(19-36-28(32)34)24-13-9-6-10-14-24/h4-16,25-26H,1,17-20H2,2-3H3/b21-15+,23-16+/t25-,26-,29-/m0/s1. The molecule has 0 spiro atoms. The maximum absolute atomic E-state index is 17.1. The number of carbonyl (C=O) groups is 2. The predicted octanol–water partition coefficient (Wildman–Crippen LogP) is 5.21. The van der Waals surface area contributed by atoms with E-state index in [-0.39, 0.29) is 19.7 Å². The Labute approximate surface area is 211 Å². The Morgan fingerprint density at radius 3 is 2.47 bits per heavy atom. The van der Waals surface area contributed by atoms with Crippen LogP contribution in [0.25, 0.3) is 0 Å². The van der Waals surface area contributed by atoms with Gasteiger partial charge in [-0.1, -0.05) is 79.4 Å². The van der Waals surface area contributed by atoms with Gasteiger partial charge < -0.3 is 9.47 Å². The fraction of sp³-hybridized carbons (Fsp3) is 0.310. The van der Waals surface area contributed by atoms with Gasteiger partial charge in [-0.15, -0.1) is 0 Å². The molecule has 2 saturated heterocycles. The van der Waals surface area contributed by atoms with Crippen molar-refractivity contribution >= 4 is 12.0 Å². The van der Waals surface area contributed by atoms with E-state index in [1.54, 1.807) is 44.4 Å². The third-order valence-corrected chi connectivity index (χ3v) is 6.80. The van der Waals surface area contributed by atoms with Crippen LogP contribution in [-0.2, 0) is 20.8 Å². The fourth-order valence-corrected chi connectivity index (χ4v) is 4.83. The van der Waals surface area contributed by atoms with Crippen LogP contribution in [0.4, 0.5) is 9.18 Å². The summed E-state index contributed by atoms with van der Waals surface area (Å²) >= 11 is 0. The summed E-state index contributed by atoms with van der Waals surface area (Å²) in [4.78, 5) is 29.5. The number of cyclic esters (lactones) is 1. The Bertz CT molecular complexity index is 1160. The van der Waals surface area contributed by atoms with Gasteiger partial charge in [0.05, 0.1) is 12.9 Å². The molecule has 188 valence electrons. The molecule has 6 nitrogen and oxygen atoms in total. The Morgan fingerprint density at radius 1 is 1.17 bits per heavy atom. The van der Waals surface area contributed by atoms with E-state index in [2.05, 4.69) is 6.58 Å². The molecule has 4 rings (SSSR count). The number of ether oxygens (including phenoxy) is 2. The van der Waals surface area contributed by atoms with Gasteiger partial charge in [-0.2, -0.15) is 0 Å². The molecular weight excluding hydrogens is 459 g/mol. The van der Waals surface area contributed by atoms with E-state index < -0.39 is 29.6 Å². The molecule has 2 aliphatic rings. The van der Waals surface area contributed by atoms with Crippen LogP contribution >= 0.6 is 0 Å². The van der Waals surface area contributed by atoms with Crippen molar-refractivity contribution in [1.82, 2.24) is 9.80 Å². The van der Waals surface area contributed by atoms with Crippen LogP contribution < -0.4 is 0 Å². The Kier molecular flexibility index (Phi) is 7.70. The zero-order valence-corrected chi connectivity index (χ0v) is 20.6. The van der Waals surface area contributed by atoms with E-state index >= 15 is 4.39 Å². The smallest absolute Gasteiger partial charge is 0.417 e. The Hall–Kier alpha value is -3.71. The van der Waals surface area contributed by atoms with E-state index in [0.717, 1.165) is 10.5 Å². The first-order valence-corrected chi connectivity index (χ1v) is 11.9. The number of hydrogen-bond donors (Lipinski definition) is 0. The van der Waals surface area contributed by atoms with Crippen molar-refractivity contribution in [3.8, 4) is 0 Å². The number of nitrogens with zero attached hydrogens (tertiary/aromatic N) is 2. The lowest BCUT2D eigenvalue weighted by Crippen LogP contribution is -2.52. The average Bonchev–Trinajstić information content (AvgIpc) is 3.45. The largest absolute Gasteiger partial charge is 0.501 e. The highest BCUT2D eigenvalue weighted by atomic mass is 19.1. The van der Waals surface area contributed by atoms with E-state index in [9.17, 15) is 9.59 Å². The lowest BCUT2D eigenvalue weighted by atomic mass is 9.84. The number of methoxy groups -OCH3 is 1. The number of benzene rings is 2. The second-order valence-corrected chi connectivity index (χ2v) is 9.10. The van der Waals surface area contributed by atoms with Gasteiger partial charge in [-0.25, -0.2) is 14.1 Å². The summed E-state index contributed by atoms with van der Waals surface area (Å²) in [6, 6.07) is 18.1. The maximum atomic E-state index is 17.1. The lowest BCUT2D eigenvalue weighted by Gasteiger charge is -2.31. The molecule has 2 aromatic rings. The molecule has 0 radical (unpaired) electrons. The Morgan fingerprint density at radius 2 is 1.83 bits per heavy atom. The highest BCUT2D eigenvalue weighted by molar-refractivity contribution is 5.99. The van der Waals surface area contributed by atoms with Gasteiger partial charge in [-0.05, 0) is 29.7 Å². The molecule has 2 amide bonds. The van der Waals surface area contributed by atoms with Gasteiger partial charge in [-0.3, -0.25) is 9.69 Å². The van der Waals surface area contributed by atoms with Crippen molar-refractivity contribution in [3.63, 3.8) is 0 Å². The molecule has 0 N–H and O–H groups in total. The highest BCUT2D eigenvalue weighted by Gasteiger charge is 2.58. The minimum Gasteiger partial charge on any atom is -0.501 e. The number of allylic oxidation sites excluding steroid dienone is 4. The zero-order chi connectivity index (χ0) is 25.7. The topological polar surface area (TPSA) is 59.1 Å². The van der Waals surface area contributed by atoms with Crippen molar-refractivity contribution in [1.29, 1.82) is 0 Å². The molecule has 0 unspecified atom stereocenters. The van der Waals surface area contributed by atoms with Crippen LogP contribution in [0.5, 0.6) is 0 Å². The minimum absolute atomic E-state index is 0.0109. The maximum Gasteiger partial charge on any atom is 0.417 e. The molecule has 2 aliphatic heterocycles. The monoisotopic (exact) mass is 490 g/mol. The molecule has 0 saturated carbocycles. The van der Waals surface area contributed by atoms with Gasteiger partial charge in [0.25, 0.3) is 5.91 Å². The molecule has 2 fully saturated rings. The third kappa shape index (κ3) is 5.11. The Balaban J connectivity index is 1.70. The number of amides is 2. The molecule has 3 atom stereocenters. The fourth-order valence-electron chi connectivity index (χ4n) is 4.83. The normalized spacial score (nSPS) is 25.1. The second-order valence-electron chi connectivity index (χ2n) is 9.10. The summed E-state index contributed by atoms with van der Waals surface area (Å²) in [5.74, 6) is -1.09. The van der Waals surface area contributed by atoms with E-state index in [1.165, 1.54) is 0 Å². The number of halogens is 1. The van der Waals surface area contributed by atoms with E-state index in [4.69, 9.17) is 9.47 Å². The molecule has 0 bridgehead atoms. The van der Waals surface area contributed by atoms with Crippen LogP contribution in [0.15, 0.2) is 96.8 Å². The first-order valence-electron chi connectivity index (χ1n) is 11.9. The van der Waals surface area contributed by atoms with Crippen molar-refractivity contribution < 1.29 is 23.5 Å². The van der Waals surface area contributed by atoms with Crippen molar-refractivity contribution in [2.75, 3.05) is 26.8 Å². The van der Waals surface area contributed by atoms with Gasteiger partial charge >= 0.3 is 6.09 Å². The molecule has 2 aromatic carbocycles. The molecule has 36 heavy (non-hydrogen) atoms. The summed E-state index contributed by atoms with van der Waals surface area (Å²) in [6.45, 7) is 6.25. The molecule has 0 aliphatic carbocycles. The van der Waals surface area contributed by atoms with E-state index in [1.807, 2.05) is 53.4 Å². The van der Waals surface area contributed by atoms with Gasteiger partial charge in [0, 0.05) is 25.6 Å². The quantitative estimate of drug-likeness (QED) is 0.376. The van der Waals surface area contributed by atoms with E-state index in [0.29, 0.717) is 23.4 Å². The second kappa shape index (κ2) is 10.9. The number of imide groups is 1. The van der Waals surface area contributed by atoms with Crippen LogP contribution in [-0.4, -0.2) is 54.3 Å². The van der Waals surface area contributed by atoms with Crippen LogP contribution in [0.1, 0.15) is 24.1 Å². The van der Waals surface area contributed by atoms with Crippen molar-refractivity contribution in [3.05, 3.63) is 108 Å². The summed E-state index contributed by atoms with van der Waals surface area (Å²) in [5, 5.41) is 0. The van der Waals surface area contributed by atoms with Gasteiger partial charge in [0.15, 0.2) is 0 Å². The molecule has 0 aromatic heterocycles. The molecular formula is C29H31FN2O4. The summed E-state index contributed by atoms with van der Waals surface area (Å²) in [7, 11) is 1.55. The number of alkyl halides is 1. The van der Waals surface area contributed by atoms with Crippen LogP contribution in [0.3, 0.4) is 0 Å². The SMILES string of the molecule is C=C/C(=C\C=C(/C)OC)[C@@H]1CN(Cc2ccccc2)C[C@@]1(F)C(=O)N1C(=O)OC[C@H]1c1ccccc1. The molecule has 2 heterocycles. The van der Waals surface area contributed by atoms with Gasteiger partial charge in [0.2, 0.25) is 5.67 Å². The minimum atomic E-state index is -2.36. The summed E-state index contributed by atoms with van der Waals surface area (Å²) in [6.07, 6.45) is 4.18. The number of rotatable bonds is 8. The van der Waals surface area contributed by atoms with Crippen molar-refractivity contribution in [2.45, 2.75) is 25.2 Å². The average molecular weight is 491 g/mol. The van der Waals surface area contributed by atoms with Crippen molar-refractivity contribution in [2.24, 2.45) is 5.92 Å². The third-order valence-electron chi connectivity index (χ3n) is 6.80. The number of hydrogen-bond acceptors (Lipinski definition) is 5. The summed E-state index contributed by atoms with van der Waals surface area (Å²) in [5.41, 5.74) is -0.0780. The summed E-state index contributed by atoms with van der Waals surface area (Å²) < 4.78 is 27.5. The predicted molar refractivity (Wildman–Crippen MR) is 135 cm³/mol. The van der Waals surface area contributed by atoms with Crippen LogP contribution in [0, 0.1) is 5.92 Å². The molecule has 7 heteroatoms. The number of carbonyl (C=O) groups excluding carboxylic acids is 2. The number of likely N-dealkylation sites (tertiary alicyclic amines) is 1. The zero-order valence-electron chi connectivity index (χ0n) is 20.6. The van der Waals surface area contributed by atoms with Gasteiger partial charge in [0.1, 0.15) is 12.6 Å². The highest BCUT2D eigenvalue weighted by Crippen LogP contribution is 2.42. The first-order chi connectivity index (χ1) is 17.4.